The van der Waals surface area contributed by atoms with Crippen molar-refractivity contribution in [2.75, 3.05) is 60.0 Å². The first-order valence-electron chi connectivity index (χ1n) is 12.1. The maximum atomic E-state index is 12.8. The van der Waals surface area contributed by atoms with Crippen molar-refractivity contribution >= 4 is 12.0 Å². The first-order valence-corrected chi connectivity index (χ1v) is 12.1. The predicted octanol–water partition coefficient (Wildman–Crippen LogP) is 3.05. The van der Waals surface area contributed by atoms with E-state index in [2.05, 4.69) is 16.9 Å². The van der Waals surface area contributed by atoms with Crippen LogP contribution in [-0.4, -0.2) is 96.8 Å². The summed E-state index contributed by atoms with van der Waals surface area (Å²) in [4.78, 5) is 34.0. The number of aromatic nitrogens is 1. The molecule has 0 bridgehead atoms. The molecule has 2 saturated heterocycles. The van der Waals surface area contributed by atoms with Gasteiger partial charge in [0.2, 0.25) is 0 Å². The number of rotatable bonds is 7. The van der Waals surface area contributed by atoms with E-state index in [-0.39, 0.29) is 5.91 Å². The van der Waals surface area contributed by atoms with Gasteiger partial charge in [0.05, 0.1) is 24.5 Å². The largest absolute Gasteiger partial charge is 0.493 e. The Morgan fingerprint density at radius 3 is 2.40 bits per heavy atom. The van der Waals surface area contributed by atoms with Gasteiger partial charge in [-0.3, -0.25) is 9.78 Å². The summed E-state index contributed by atoms with van der Waals surface area (Å²) in [5.74, 6) is 1.11. The number of hydrogen-bond acceptors (Lipinski definition) is 6. The number of ether oxygens (including phenoxy) is 2. The molecular weight excluding hydrogens is 448 g/mol. The van der Waals surface area contributed by atoms with Gasteiger partial charge in [0.25, 0.3) is 5.91 Å². The molecule has 1 N–H and O–H groups in total. The minimum atomic E-state index is -0.854. The van der Waals surface area contributed by atoms with Gasteiger partial charge in [0.15, 0.2) is 0 Å². The third-order valence-corrected chi connectivity index (χ3v) is 6.82. The third-order valence-electron chi connectivity index (χ3n) is 6.82. The second-order valence-electron chi connectivity index (χ2n) is 9.31. The van der Waals surface area contributed by atoms with Crippen LogP contribution < -0.4 is 4.74 Å². The minimum absolute atomic E-state index is 0.0233. The average molecular weight is 483 g/mol. The summed E-state index contributed by atoms with van der Waals surface area (Å²) in [5, 5.41) is 9.11. The van der Waals surface area contributed by atoms with Crippen molar-refractivity contribution < 1.29 is 24.2 Å². The number of carbonyl (C=O) groups excluding carboxylic acids is 1. The van der Waals surface area contributed by atoms with Crippen LogP contribution in [0.25, 0.3) is 11.3 Å². The Morgan fingerprint density at radius 2 is 1.77 bits per heavy atom. The number of likely N-dealkylation sites (N-methyl/N-ethyl adjacent to an activating group) is 1. The molecule has 35 heavy (non-hydrogen) atoms. The molecule has 0 unspecified atom stereocenters. The highest BCUT2D eigenvalue weighted by atomic mass is 16.5. The van der Waals surface area contributed by atoms with Crippen molar-refractivity contribution in [2.24, 2.45) is 5.92 Å². The van der Waals surface area contributed by atoms with E-state index < -0.39 is 6.09 Å². The van der Waals surface area contributed by atoms with Gasteiger partial charge in [-0.1, -0.05) is 0 Å². The first kappa shape index (κ1) is 24.9. The number of amides is 2. The highest BCUT2D eigenvalue weighted by Crippen LogP contribution is 2.28. The molecule has 0 atom stereocenters. The van der Waals surface area contributed by atoms with Gasteiger partial charge in [0.1, 0.15) is 5.75 Å². The van der Waals surface area contributed by atoms with Gasteiger partial charge in [0, 0.05) is 63.7 Å². The second-order valence-corrected chi connectivity index (χ2v) is 9.31. The van der Waals surface area contributed by atoms with Crippen LogP contribution in [0.2, 0.25) is 0 Å². The summed E-state index contributed by atoms with van der Waals surface area (Å²) in [6, 6.07) is 9.63. The quantitative estimate of drug-likeness (QED) is 0.648. The van der Waals surface area contributed by atoms with E-state index in [0.29, 0.717) is 37.8 Å². The van der Waals surface area contributed by atoms with Crippen molar-refractivity contribution in [3.05, 3.63) is 47.7 Å². The molecule has 2 aliphatic heterocycles. The van der Waals surface area contributed by atoms with E-state index in [1.807, 2.05) is 35.2 Å². The van der Waals surface area contributed by atoms with Gasteiger partial charge in [-0.2, -0.15) is 0 Å². The lowest BCUT2D eigenvalue weighted by Gasteiger charge is -2.32. The Labute approximate surface area is 206 Å². The number of piperidine rings is 1. The van der Waals surface area contributed by atoms with Crippen LogP contribution in [0.3, 0.4) is 0 Å². The maximum Gasteiger partial charge on any atom is 0.407 e. The highest BCUT2D eigenvalue weighted by molar-refractivity contribution is 5.94. The van der Waals surface area contributed by atoms with Crippen LogP contribution >= 0.6 is 0 Å². The van der Waals surface area contributed by atoms with Crippen LogP contribution in [0.1, 0.15) is 28.8 Å². The molecule has 2 amide bonds. The van der Waals surface area contributed by atoms with Crippen molar-refractivity contribution in [3.8, 4) is 17.0 Å². The van der Waals surface area contributed by atoms with Gasteiger partial charge in [-0.25, -0.2) is 4.79 Å². The number of nitrogens with zero attached hydrogens (tertiary/aromatic N) is 4. The van der Waals surface area contributed by atoms with E-state index in [1.54, 1.807) is 13.3 Å². The number of methoxy groups -OCH3 is 1. The lowest BCUT2D eigenvalue weighted by molar-refractivity contribution is 0.0663. The SMILES string of the molecule is COCc1cc(-c2ccc(C(=O)N3CCN(C)CC3)cn2)ccc1OCC1CCN(C(=O)O)CC1. The van der Waals surface area contributed by atoms with Crippen molar-refractivity contribution in [3.63, 3.8) is 0 Å². The molecule has 0 spiro atoms. The standard InChI is InChI=1S/C26H34N4O5/c1-28-11-13-29(14-12-28)25(31)21-3-5-23(27-16-21)20-4-6-24(22(15-20)18-34-2)35-17-19-7-9-30(10-8-19)26(32)33/h3-6,15-16,19H,7-14,17-18H2,1-2H3,(H,32,33). The average Bonchev–Trinajstić information content (AvgIpc) is 2.88. The van der Waals surface area contributed by atoms with Crippen LogP contribution in [-0.2, 0) is 11.3 Å². The number of likely N-dealkylation sites (tertiary alicyclic amines) is 1. The summed E-state index contributed by atoms with van der Waals surface area (Å²) >= 11 is 0. The molecule has 1 aromatic carbocycles. The molecule has 2 fully saturated rings. The summed E-state index contributed by atoms with van der Waals surface area (Å²) < 4.78 is 11.5. The normalized spacial score (nSPS) is 17.4. The third kappa shape index (κ3) is 6.29. The second kappa shape index (κ2) is 11.5. The molecule has 9 nitrogen and oxygen atoms in total. The number of pyridine rings is 1. The summed E-state index contributed by atoms with van der Waals surface area (Å²) in [5.41, 5.74) is 3.24. The van der Waals surface area contributed by atoms with E-state index in [0.717, 1.165) is 61.6 Å². The smallest absolute Gasteiger partial charge is 0.407 e. The zero-order valence-corrected chi connectivity index (χ0v) is 20.5. The van der Waals surface area contributed by atoms with Crippen molar-refractivity contribution in [1.82, 2.24) is 19.7 Å². The Kier molecular flexibility index (Phi) is 8.20. The molecule has 9 heteroatoms. The Bertz CT molecular complexity index is 1010. The van der Waals surface area contributed by atoms with Crippen molar-refractivity contribution in [2.45, 2.75) is 19.4 Å². The highest BCUT2D eigenvalue weighted by Gasteiger charge is 2.23. The van der Waals surface area contributed by atoms with E-state index in [4.69, 9.17) is 14.6 Å². The fraction of sp³-hybridized carbons (Fsp3) is 0.500. The number of hydrogen-bond donors (Lipinski definition) is 1. The molecule has 2 aliphatic rings. The lowest BCUT2D eigenvalue weighted by Crippen LogP contribution is -2.47. The van der Waals surface area contributed by atoms with Crippen LogP contribution in [0.4, 0.5) is 4.79 Å². The zero-order chi connectivity index (χ0) is 24.8. The molecule has 0 saturated carbocycles. The molecule has 3 heterocycles. The molecule has 1 aromatic heterocycles. The molecular formula is C26H34N4O5. The number of piperazine rings is 1. The molecule has 0 aliphatic carbocycles. The minimum Gasteiger partial charge on any atom is -0.493 e. The molecule has 4 rings (SSSR count). The number of carboxylic acid groups (broad SMARTS) is 1. The Hall–Kier alpha value is -3.17. The van der Waals surface area contributed by atoms with Gasteiger partial charge >= 0.3 is 6.09 Å². The maximum absolute atomic E-state index is 12.8. The molecule has 2 aromatic rings. The van der Waals surface area contributed by atoms with E-state index in [1.165, 1.54) is 4.90 Å². The predicted molar refractivity (Wildman–Crippen MR) is 132 cm³/mol. The fourth-order valence-electron chi connectivity index (χ4n) is 4.53. The lowest BCUT2D eigenvalue weighted by atomic mass is 9.98. The number of benzene rings is 1. The monoisotopic (exact) mass is 482 g/mol. The van der Waals surface area contributed by atoms with E-state index in [9.17, 15) is 9.59 Å². The molecule has 0 radical (unpaired) electrons. The topological polar surface area (TPSA) is 95.4 Å². The Balaban J connectivity index is 1.40. The summed E-state index contributed by atoms with van der Waals surface area (Å²) in [6.45, 7) is 5.28. The summed E-state index contributed by atoms with van der Waals surface area (Å²) in [6.07, 6.45) is 2.40. The van der Waals surface area contributed by atoms with Crippen LogP contribution in [0, 0.1) is 5.92 Å². The van der Waals surface area contributed by atoms with Crippen LogP contribution in [0.15, 0.2) is 36.5 Å². The van der Waals surface area contributed by atoms with Crippen molar-refractivity contribution in [1.29, 1.82) is 0 Å². The van der Waals surface area contributed by atoms with Gasteiger partial charge in [-0.15, -0.1) is 0 Å². The first-order chi connectivity index (χ1) is 16.9. The van der Waals surface area contributed by atoms with Crippen LogP contribution in [0.5, 0.6) is 5.75 Å². The number of carbonyl (C=O) groups is 2. The van der Waals surface area contributed by atoms with Gasteiger partial charge in [-0.05, 0) is 56.1 Å². The Morgan fingerprint density at radius 1 is 1.03 bits per heavy atom. The zero-order valence-electron chi connectivity index (χ0n) is 20.5. The van der Waals surface area contributed by atoms with Gasteiger partial charge < -0.3 is 29.3 Å². The van der Waals surface area contributed by atoms with E-state index >= 15 is 0 Å². The fourth-order valence-corrected chi connectivity index (χ4v) is 4.53. The molecule has 188 valence electrons. The summed E-state index contributed by atoms with van der Waals surface area (Å²) in [7, 11) is 3.71.